The summed E-state index contributed by atoms with van der Waals surface area (Å²) in [5.41, 5.74) is 6.25. The van der Waals surface area contributed by atoms with Gasteiger partial charge in [-0.3, -0.25) is 4.68 Å². The smallest absolute Gasteiger partial charge is 0.191 e. The highest BCUT2D eigenvalue weighted by molar-refractivity contribution is 5.79. The van der Waals surface area contributed by atoms with Gasteiger partial charge in [0.2, 0.25) is 0 Å². The molecule has 1 atom stereocenters. The van der Waals surface area contributed by atoms with Crippen LogP contribution in [0.1, 0.15) is 36.4 Å². The predicted octanol–water partition coefficient (Wildman–Crippen LogP) is 2.54. The predicted molar refractivity (Wildman–Crippen MR) is 112 cm³/mol. The van der Waals surface area contributed by atoms with Crippen LogP contribution in [0.5, 0.6) is 0 Å². The van der Waals surface area contributed by atoms with Gasteiger partial charge in [0.15, 0.2) is 5.96 Å². The van der Waals surface area contributed by atoms with Crippen LogP contribution in [0.15, 0.2) is 29.3 Å². The molecule has 0 aliphatic carbocycles. The molecule has 6 heteroatoms. The number of anilines is 1. The molecule has 0 bridgehead atoms. The van der Waals surface area contributed by atoms with Crippen LogP contribution in [0, 0.1) is 13.8 Å². The number of aryl methyl sites for hydroxylation is 2. The number of hydrogen-bond acceptors (Lipinski definition) is 3. The quantitative estimate of drug-likeness (QED) is 0.608. The number of aliphatic imine (C=N–C) groups is 1. The van der Waals surface area contributed by atoms with Crippen molar-refractivity contribution in [3.8, 4) is 0 Å². The summed E-state index contributed by atoms with van der Waals surface area (Å²) in [6.45, 7) is 11.9. The van der Waals surface area contributed by atoms with Gasteiger partial charge >= 0.3 is 0 Å². The Bertz CT molecular complexity index is 807. The van der Waals surface area contributed by atoms with Gasteiger partial charge in [0.25, 0.3) is 0 Å². The number of hydrogen-bond donors (Lipinski definition) is 2. The van der Waals surface area contributed by atoms with Gasteiger partial charge in [-0.2, -0.15) is 5.10 Å². The molecule has 1 aromatic carbocycles. The first-order valence-electron chi connectivity index (χ1n) is 9.87. The summed E-state index contributed by atoms with van der Waals surface area (Å²) in [6, 6.07) is 9.12. The lowest BCUT2D eigenvalue weighted by Crippen LogP contribution is -2.45. The van der Waals surface area contributed by atoms with Crippen molar-refractivity contribution in [3.05, 3.63) is 46.8 Å². The molecule has 0 radical (unpaired) electrons. The van der Waals surface area contributed by atoms with Crippen molar-refractivity contribution in [2.75, 3.05) is 24.5 Å². The number of guanidine groups is 1. The van der Waals surface area contributed by atoms with Crippen molar-refractivity contribution in [2.45, 2.75) is 46.7 Å². The Hall–Kier alpha value is -2.50. The van der Waals surface area contributed by atoms with Gasteiger partial charge in [-0.15, -0.1) is 0 Å². The van der Waals surface area contributed by atoms with Crippen LogP contribution >= 0.6 is 0 Å². The third kappa shape index (κ3) is 4.26. The average molecular weight is 369 g/mol. The molecule has 0 amide bonds. The van der Waals surface area contributed by atoms with Crippen LogP contribution in [0.2, 0.25) is 0 Å². The van der Waals surface area contributed by atoms with Gasteiger partial charge in [-0.1, -0.05) is 18.2 Å². The van der Waals surface area contributed by atoms with Crippen molar-refractivity contribution >= 4 is 11.6 Å². The first-order valence-corrected chi connectivity index (χ1v) is 9.87. The molecule has 1 aromatic heterocycles. The van der Waals surface area contributed by atoms with Crippen molar-refractivity contribution in [2.24, 2.45) is 12.0 Å². The van der Waals surface area contributed by atoms with Crippen LogP contribution in [0.4, 0.5) is 5.69 Å². The maximum absolute atomic E-state index is 4.78. The molecule has 0 saturated carbocycles. The van der Waals surface area contributed by atoms with E-state index in [1.165, 1.54) is 22.5 Å². The van der Waals surface area contributed by atoms with E-state index in [-0.39, 0.29) is 0 Å². The molecule has 1 aliphatic rings. The van der Waals surface area contributed by atoms with Gasteiger partial charge in [0.05, 0.1) is 12.2 Å². The lowest BCUT2D eigenvalue weighted by molar-refractivity contribution is 0.625. The van der Waals surface area contributed by atoms with E-state index < -0.39 is 0 Å². The Kier molecular flexibility index (Phi) is 6.04. The monoisotopic (exact) mass is 368 g/mol. The molecule has 2 aromatic rings. The molecule has 1 aliphatic heterocycles. The second kappa shape index (κ2) is 8.46. The van der Waals surface area contributed by atoms with Crippen LogP contribution in [0.3, 0.4) is 0 Å². The second-order valence-electron chi connectivity index (χ2n) is 7.27. The third-order valence-electron chi connectivity index (χ3n) is 5.42. The van der Waals surface area contributed by atoms with Gasteiger partial charge < -0.3 is 15.5 Å². The van der Waals surface area contributed by atoms with Crippen LogP contribution < -0.4 is 15.5 Å². The molecule has 6 nitrogen and oxygen atoms in total. The van der Waals surface area contributed by atoms with Gasteiger partial charge in [-0.25, -0.2) is 4.99 Å². The number of nitrogens with zero attached hydrogens (tertiary/aromatic N) is 4. The fourth-order valence-electron chi connectivity index (χ4n) is 3.72. The molecular weight excluding hydrogens is 336 g/mol. The fraction of sp³-hybridized carbons (Fsp3) is 0.524. The lowest BCUT2D eigenvalue weighted by atomic mass is 10.2. The maximum atomic E-state index is 4.78. The normalized spacial score (nSPS) is 15.0. The molecule has 2 heterocycles. The highest BCUT2D eigenvalue weighted by Crippen LogP contribution is 2.28. The van der Waals surface area contributed by atoms with Crippen molar-refractivity contribution < 1.29 is 0 Å². The van der Waals surface area contributed by atoms with Crippen LogP contribution in [0.25, 0.3) is 0 Å². The number of aromatic nitrogens is 2. The molecule has 2 N–H and O–H groups in total. The Morgan fingerprint density at radius 3 is 2.74 bits per heavy atom. The molecule has 0 saturated heterocycles. The Labute approximate surface area is 162 Å². The largest absolute Gasteiger partial charge is 0.366 e. The van der Waals surface area contributed by atoms with Crippen molar-refractivity contribution in [3.63, 3.8) is 0 Å². The van der Waals surface area contributed by atoms with Gasteiger partial charge in [0.1, 0.15) is 0 Å². The SMILES string of the molecule is CCNC(=NCc1c(C)nn(C)c1C)NCC(C)N1CCc2ccccc21. The average Bonchev–Trinajstić information content (AvgIpc) is 3.19. The highest BCUT2D eigenvalue weighted by atomic mass is 15.3. The maximum Gasteiger partial charge on any atom is 0.191 e. The summed E-state index contributed by atoms with van der Waals surface area (Å²) >= 11 is 0. The summed E-state index contributed by atoms with van der Waals surface area (Å²) < 4.78 is 1.92. The molecule has 0 fully saturated rings. The summed E-state index contributed by atoms with van der Waals surface area (Å²) in [7, 11) is 1.98. The minimum Gasteiger partial charge on any atom is -0.366 e. The summed E-state index contributed by atoms with van der Waals surface area (Å²) in [5, 5.41) is 11.4. The summed E-state index contributed by atoms with van der Waals surface area (Å²) in [6.07, 6.45) is 1.13. The van der Waals surface area contributed by atoms with Crippen LogP contribution in [-0.2, 0) is 20.0 Å². The molecule has 3 rings (SSSR count). The first-order chi connectivity index (χ1) is 13.0. The lowest BCUT2D eigenvalue weighted by Gasteiger charge is -2.28. The minimum atomic E-state index is 0.402. The van der Waals surface area contributed by atoms with E-state index in [9.17, 15) is 0 Å². The molecule has 0 spiro atoms. The molecular formula is C21H32N6. The summed E-state index contributed by atoms with van der Waals surface area (Å²) in [4.78, 5) is 7.27. The van der Waals surface area contributed by atoms with Crippen LogP contribution in [-0.4, -0.2) is 41.4 Å². The Morgan fingerprint density at radius 1 is 1.26 bits per heavy atom. The van der Waals surface area contributed by atoms with E-state index >= 15 is 0 Å². The number of rotatable bonds is 6. The van der Waals surface area contributed by atoms with E-state index in [0.717, 1.165) is 37.7 Å². The second-order valence-corrected chi connectivity index (χ2v) is 7.27. The van der Waals surface area contributed by atoms with Gasteiger partial charge in [-0.05, 0) is 45.7 Å². The summed E-state index contributed by atoms with van der Waals surface area (Å²) in [5.74, 6) is 0.861. The molecule has 27 heavy (non-hydrogen) atoms. The molecule has 146 valence electrons. The van der Waals surface area contributed by atoms with E-state index in [1.54, 1.807) is 0 Å². The fourth-order valence-corrected chi connectivity index (χ4v) is 3.72. The zero-order valence-electron chi connectivity index (χ0n) is 17.2. The molecule has 1 unspecified atom stereocenters. The Balaban J connectivity index is 1.63. The number of nitrogens with one attached hydrogen (secondary N) is 2. The van der Waals surface area contributed by atoms with Gasteiger partial charge in [0, 0.05) is 49.7 Å². The number of para-hydroxylation sites is 1. The first kappa shape index (κ1) is 19.3. The third-order valence-corrected chi connectivity index (χ3v) is 5.42. The van der Waals surface area contributed by atoms with E-state index in [4.69, 9.17) is 4.99 Å². The zero-order chi connectivity index (χ0) is 19.4. The number of benzene rings is 1. The Morgan fingerprint density at radius 2 is 2.04 bits per heavy atom. The minimum absolute atomic E-state index is 0.402. The topological polar surface area (TPSA) is 57.5 Å². The highest BCUT2D eigenvalue weighted by Gasteiger charge is 2.22. The standard InChI is InChI=1S/C21H32N6/c1-6-22-21(24-14-19-16(3)25-26(5)17(19)4)23-13-15(2)27-12-11-18-9-7-8-10-20(18)27/h7-10,15H,6,11-14H2,1-5H3,(H2,22,23,24). The van der Waals surface area contributed by atoms with E-state index in [0.29, 0.717) is 12.6 Å². The van der Waals surface area contributed by atoms with E-state index in [2.05, 4.69) is 65.7 Å². The number of fused-ring (bicyclic) bond motifs is 1. The van der Waals surface area contributed by atoms with Crippen molar-refractivity contribution in [1.82, 2.24) is 20.4 Å². The zero-order valence-corrected chi connectivity index (χ0v) is 17.2. The van der Waals surface area contributed by atoms with Crippen molar-refractivity contribution in [1.29, 1.82) is 0 Å². The van der Waals surface area contributed by atoms with E-state index in [1.807, 2.05) is 18.7 Å².